The molecule has 8 heteroatoms. The molecule has 2 aliphatic rings. The Morgan fingerprint density at radius 2 is 1.46 bits per heavy atom. The van der Waals surface area contributed by atoms with Crippen molar-refractivity contribution in [2.75, 3.05) is 11.7 Å². The molecule has 26 heavy (non-hydrogen) atoms. The Morgan fingerprint density at radius 1 is 0.885 bits per heavy atom. The van der Waals surface area contributed by atoms with Gasteiger partial charge in [0.2, 0.25) is 6.29 Å². The zero-order valence-corrected chi connectivity index (χ0v) is 14.5. The number of hydrogen-bond donors (Lipinski definition) is 4. The van der Waals surface area contributed by atoms with Crippen molar-refractivity contribution in [1.82, 2.24) is 0 Å². The average molecular weight is 377 g/mol. The zero-order chi connectivity index (χ0) is 18.3. The van der Waals surface area contributed by atoms with E-state index < -0.39 is 37.3 Å². The van der Waals surface area contributed by atoms with Gasteiger partial charge in [-0.05, 0) is 24.3 Å². The molecule has 7 nitrogen and oxygen atoms in total. The maximum atomic E-state index is 10.3. The summed E-state index contributed by atoms with van der Waals surface area (Å²) in [4.78, 5) is 7.85. The molecule has 1 saturated heterocycles. The molecule has 2 heterocycles. The van der Waals surface area contributed by atoms with E-state index in [1.54, 1.807) is 16.8 Å². The number of rotatable bonds is 3. The predicted octanol–water partition coefficient (Wildman–Crippen LogP) is 1.02. The summed E-state index contributed by atoms with van der Waals surface area (Å²) in [5.74, 6) is 0. The van der Waals surface area contributed by atoms with Gasteiger partial charge in [-0.2, -0.15) is 0 Å². The Kier molecular flexibility index (Phi) is 4.89. The summed E-state index contributed by atoms with van der Waals surface area (Å²) in [6.45, 7) is -0.506. The van der Waals surface area contributed by atoms with Crippen LogP contribution in [0.4, 0.5) is 11.4 Å². The monoisotopic (exact) mass is 377 g/mol. The Labute approximate surface area is 154 Å². The summed E-state index contributed by atoms with van der Waals surface area (Å²) in [5.41, 5.74) is 1.54. The van der Waals surface area contributed by atoms with Crippen LogP contribution >= 0.6 is 11.8 Å². The first-order chi connectivity index (χ1) is 12.6. The van der Waals surface area contributed by atoms with E-state index in [0.717, 1.165) is 21.2 Å². The van der Waals surface area contributed by atoms with E-state index in [0.29, 0.717) is 0 Å². The second-order valence-corrected chi connectivity index (χ2v) is 7.22. The van der Waals surface area contributed by atoms with Crippen LogP contribution in [0.1, 0.15) is 0 Å². The highest BCUT2D eigenvalue weighted by atomic mass is 32.2. The molecule has 0 unspecified atom stereocenters. The minimum absolute atomic E-state index is 0.506. The van der Waals surface area contributed by atoms with E-state index >= 15 is 0 Å². The molecule has 4 N–H and O–H groups in total. The van der Waals surface area contributed by atoms with Gasteiger partial charge in [-0.25, -0.2) is 9.90 Å². The lowest BCUT2D eigenvalue weighted by Gasteiger charge is -2.42. The van der Waals surface area contributed by atoms with E-state index in [9.17, 15) is 20.4 Å². The van der Waals surface area contributed by atoms with Gasteiger partial charge < -0.3 is 25.2 Å². The number of benzene rings is 2. The largest absolute Gasteiger partial charge is 0.394 e. The lowest BCUT2D eigenvalue weighted by molar-refractivity contribution is -0.301. The van der Waals surface area contributed by atoms with Gasteiger partial charge in [0.25, 0.3) is 0 Å². The van der Waals surface area contributed by atoms with E-state index in [-0.39, 0.29) is 0 Å². The molecule has 0 amide bonds. The molecular formula is C18H19NO6S. The van der Waals surface area contributed by atoms with Crippen molar-refractivity contribution in [1.29, 1.82) is 0 Å². The maximum Gasteiger partial charge on any atom is 0.213 e. The maximum absolute atomic E-state index is 10.3. The van der Waals surface area contributed by atoms with Gasteiger partial charge in [0.1, 0.15) is 24.4 Å². The SMILES string of the molecule is OC[C@H]1O[C@@H](ON2c3ccccc3Sc3ccccc32)[C@H](O)[C@@H](O)[C@@H]1O. The van der Waals surface area contributed by atoms with Gasteiger partial charge in [-0.15, -0.1) is 0 Å². The van der Waals surface area contributed by atoms with Crippen LogP contribution in [-0.4, -0.2) is 57.7 Å². The van der Waals surface area contributed by atoms with Crippen molar-refractivity contribution >= 4 is 23.1 Å². The van der Waals surface area contributed by atoms with Crippen molar-refractivity contribution in [2.24, 2.45) is 0 Å². The molecule has 0 spiro atoms. The first kappa shape index (κ1) is 17.7. The molecule has 4 rings (SSSR count). The molecule has 0 aliphatic carbocycles. The number of aliphatic hydroxyl groups is 4. The number of anilines is 2. The van der Waals surface area contributed by atoms with Crippen molar-refractivity contribution in [2.45, 2.75) is 40.5 Å². The molecule has 2 aromatic carbocycles. The van der Waals surface area contributed by atoms with Gasteiger partial charge in [0.15, 0.2) is 0 Å². The van der Waals surface area contributed by atoms with Gasteiger partial charge in [0, 0.05) is 9.79 Å². The second-order valence-electron chi connectivity index (χ2n) is 6.13. The van der Waals surface area contributed by atoms with Crippen LogP contribution < -0.4 is 5.06 Å². The van der Waals surface area contributed by atoms with Gasteiger partial charge in [0.05, 0.1) is 18.0 Å². The molecule has 2 aliphatic heterocycles. The standard InChI is InChI=1S/C18H19NO6S/c20-9-12-15(21)16(22)17(23)18(24-12)25-19-10-5-1-3-7-13(10)26-14-8-4-2-6-11(14)19/h1-8,12,15-18,20-23H,9H2/t12-,15-,16+,17-,18+/m1/s1. The summed E-state index contributed by atoms with van der Waals surface area (Å²) < 4.78 is 5.48. The van der Waals surface area contributed by atoms with Crippen LogP contribution in [0.5, 0.6) is 0 Å². The minimum atomic E-state index is -1.49. The molecule has 1 fully saturated rings. The summed E-state index contributed by atoms with van der Waals surface area (Å²) in [6, 6.07) is 15.3. The third-order valence-corrected chi connectivity index (χ3v) is 5.58. The fraction of sp³-hybridized carbons (Fsp3) is 0.333. The van der Waals surface area contributed by atoms with Crippen LogP contribution in [0, 0.1) is 0 Å². The molecule has 0 radical (unpaired) electrons. The molecule has 0 aromatic heterocycles. The number of para-hydroxylation sites is 2. The molecule has 0 bridgehead atoms. The van der Waals surface area contributed by atoms with Crippen LogP contribution in [-0.2, 0) is 9.57 Å². The van der Waals surface area contributed by atoms with Gasteiger partial charge >= 0.3 is 0 Å². The quantitative estimate of drug-likeness (QED) is 0.629. The lowest BCUT2D eigenvalue weighted by Crippen LogP contribution is -2.60. The second kappa shape index (κ2) is 7.16. The fourth-order valence-electron chi connectivity index (χ4n) is 3.04. The summed E-state index contributed by atoms with van der Waals surface area (Å²) in [5, 5.41) is 41.1. The van der Waals surface area contributed by atoms with Crippen LogP contribution in [0.15, 0.2) is 58.3 Å². The fourth-order valence-corrected chi connectivity index (χ4v) is 4.08. The number of hydrogen-bond acceptors (Lipinski definition) is 8. The van der Waals surface area contributed by atoms with Crippen LogP contribution in [0.3, 0.4) is 0 Å². The summed E-state index contributed by atoms with van der Waals surface area (Å²) in [6.07, 6.45) is -6.67. The van der Waals surface area contributed by atoms with Crippen LogP contribution in [0.2, 0.25) is 0 Å². The Morgan fingerprint density at radius 3 is 2.04 bits per heavy atom. The highest BCUT2D eigenvalue weighted by Crippen LogP contribution is 2.48. The topological polar surface area (TPSA) is 103 Å². The summed E-state index contributed by atoms with van der Waals surface area (Å²) >= 11 is 1.60. The minimum Gasteiger partial charge on any atom is -0.394 e. The molecule has 0 saturated carbocycles. The molecule has 2 aromatic rings. The first-order valence-electron chi connectivity index (χ1n) is 8.23. The van der Waals surface area contributed by atoms with Crippen molar-refractivity contribution in [3.63, 3.8) is 0 Å². The zero-order valence-electron chi connectivity index (χ0n) is 13.7. The summed E-state index contributed by atoms with van der Waals surface area (Å²) in [7, 11) is 0. The number of ether oxygens (including phenoxy) is 1. The van der Waals surface area contributed by atoms with Gasteiger partial charge in [-0.1, -0.05) is 36.0 Å². The van der Waals surface area contributed by atoms with Crippen molar-refractivity contribution in [3.8, 4) is 0 Å². The Bertz CT molecular complexity index is 742. The number of fused-ring (bicyclic) bond motifs is 2. The van der Waals surface area contributed by atoms with E-state index in [1.807, 2.05) is 48.5 Å². The highest BCUT2D eigenvalue weighted by molar-refractivity contribution is 7.99. The third kappa shape index (κ3) is 2.99. The molecule has 138 valence electrons. The predicted molar refractivity (Wildman–Crippen MR) is 94.0 cm³/mol. The Hall–Kier alpha value is -1.65. The smallest absolute Gasteiger partial charge is 0.213 e. The molecule has 5 atom stereocenters. The average Bonchev–Trinajstić information content (AvgIpc) is 2.68. The number of nitrogens with zero attached hydrogens (tertiary/aromatic N) is 1. The van der Waals surface area contributed by atoms with Crippen molar-refractivity contribution < 1.29 is 30.0 Å². The normalized spacial score (nSPS) is 30.6. The lowest BCUT2D eigenvalue weighted by atomic mass is 9.99. The molecular weight excluding hydrogens is 358 g/mol. The Balaban J connectivity index is 1.68. The third-order valence-electron chi connectivity index (χ3n) is 4.45. The number of aliphatic hydroxyl groups excluding tert-OH is 4. The van der Waals surface area contributed by atoms with Crippen molar-refractivity contribution in [3.05, 3.63) is 48.5 Å². The highest BCUT2D eigenvalue weighted by Gasteiger charge is 2.45. The van der Waals surface area contributed by atoms with Gasteiger partial charge in [-0.3, -0.25) is 0 Å². The van der Waals surface area contributed by atoms with E-state index in [4.69, 9.17) is 9.57 Å². The van der Waals surface area contributed by atoms with Crippen LogP contribution in [0.25, 0.3) is 0 Å². The van der Waals surface area contributed by atoms with E-state index in [1.165, 1.54) is 0 Å². The van der Waals surface area contributed by atoms with E-state index in [2.05, 4.69) is 0 Å². The first-order valence-corrected chi connectivity index (χ1v) is 9.05.